The number of methoxy groups -OCH3 is 2. The summed E-state index contributed by atoms with van der Waals surface area (Å²) in [6.45, 7) is 16.4. The molecule has 0 amide bonds. The zero-order valence-corrected chi connectivity index (χ0v) is 24.2. The van der Waals surface area contributed by atoms with Gasteiger partial charge in [-0.1, -0.05) is 26.3 Å². The van der Waals surface area contributed by atoms with Gasteiger partial charge in [-0.25, -0.2) is 19.2 Å². The number of quaternary nitrogens is 2. The highest BCUT2D eigenvalue weighted by molar-refractivity contribution is 5.87. The molecule has 0 heterocycles. The van der Waals surface area contributed by atoms with E-state index in [1.807, 2.05) is 28.2 Å². The quantitative estimate of drug-likeness (QED) is 0.144. The van der Waals surface area contributed by atoms with Crippen molar-refractivity contribution in [2.24, 2.45) is 0 Å². The molecule has 0 unspecified atom stereocenters. The number of hydroxylamine groups is 4. The van der Waals surface area contributed by atoms with Crippen molar-refractivity contribution in [1.29, 1.82) is 0 Å². The van der Waals surface area contributed by atoms with E-state index in [0.29, 0.717) is 21.3 Å². The molecule has 0 bridgehead atoms. The summed E-state index contributed by atoms with van der Waals surface area (Å²) in [7, 11) is 17.0. The second-order valence-corrected chi connectivity index (χ2v) is 6.61. The number of carbonyl (C=O) groups excluding carboxylic acids is 4. The maximum Gasteiger partial charge on any atom is 0.392 e. The summed E-state index contributed by atoms with van der Waals surface area (Å²) >= 11 is 0. The summed E-state index contributed by atoms with van der Waals surface area (Å²) in [5, 5.41) is 6.78. The van der Waals surface area contributed by atoms with Crippen LogP contribution in [0.1, 0.15) is 13.8 Å². The molecular weight excluding hydrogens is 472 g/mol. The van der Waals surface area contributed by atoms with Gasteiger partial charge in [0.05, 0.1) is 14.2 Å². The normalized spacial score (nSPS) is 7.94. The molecule has 0 fully saturated rings. The van der Waals surface area contributed by atoms with Gasteiger partial charge in [-0.2, -0.15) is 0 Å². The first-order valence-electron chi connectivity index (χ1n) is 10.5. The lowest BCUT2D eigenvalue weighted by molar-refractivity contribution is -1.04. The Morgan fingerprint density at radius 2 is 0.944 bits per heavy atom. The molecule has 0 aromatic rings. The molecule has 0 spiro atoms. The van der Waals surface area contributed by atoms with E-state index in [2.05, 4.69) is 56.1 Å². The molecule has 12 heteroatoms. The van der Waals surface area contributed by atoms with Crippen molar-refractivity contribution in [1.82, 2.24) is 10.6 Å². The van der Waals surface area contributed by atoms with Gasteiger partial charge in [0.2, 0.25) is 0 Å². The molecule has 212 valence electrons. The predicted molar refractivity (Wildman–Crippen MR) is 142 cm³/mol. The van der Waals surface area contributed by atoms with Gasteiger partial charge in [-0.15, -0.1) is 10.1 Å². The maximum atomic E-state index is 10.6. The predicted octanol–water partition coefficient (Wildman–Crippen LogP) is -1.31. The summed E-state index contributed by atoms with van der Waals surface area (Å²) in [6.07, 6.45) is 2.24. The lowest BCUT2D eigenvalue weighted by Gasteiger charge is -2.04. The first kappa shape index (κ1) is 46.1. The Balaban J connectivity index is -0.0000000781. The summed E-state index contributed by atoms with van der Waals surface area (Å²) in [5.41, 5.74) is 0.860. The van der Waals surface area contributed by atoms with Crippen molar-refractivity contribution in [3.63, 3.8) is 0 Å². The third kappa shape index (κ3) is 63.2. The second-order valence-electron chi connectivity index (χ2n) is 6.61. The number of rotatable bonds is 6. The molecular formula is C24H50N4O8+2. The zero-order valence-electron chi connectivity index (χ0n) is 24.2. The fourth-order valence-electron chi connectivity index (χ4n) is 0.773. The number of carbonyl (C=O) groups is 4. The molecule has 4 N–H and O–H groups in total. The Hall–Kier alpha value is -3.32. The van der Waals surface area contributed by atoms with E-state index in [4.69, 9.17) is 0 Å². The van der Waals surface area contributed by atoms with Crippen LogP contribution in [0.5, 0.6) is 0 Å². The molecule has 36 heavy (non-hydrogen) atoms. The van der Waals surface area contributed by atoms with Crippen molar-refractivity contribution in [2.45, 2.75) is 13.8 Å². The van der Waals surface area contributed by atoms with Crippen molar-refractivity contribution >= 4 is 23.9 Å². The lowest BCUT2D eigenvalue weighted by atomic mass is 10.4. The summed E-state index contributed by atoms with van der Waals surface area (Å²) in [4.78, 5) is 50.2. The maximum absolute atomic E-state index is 10.6. The van der Waals surface area contributed by atoms with Crippen molar-refractivity contribution in [3.8, 4) is 0 Å². The molecule has 0 atom stereocenters. The van der Waals surface area contributed by atoms with Gasteiger partial charge >= 0.3 is 23.9 Å². The highest BCUT2D eigenvalue weighted by atomic mass is 16.7. The van der Waals surface area contributed by atoms with Crippen LogP contribution >= 0.6 is 0 Å². The minimum Gasteiger partial charge on any atom is -0.466 e. The molecule has 0 rings (SSSR count). The van der Waals surface area contributed by atoms with Crippen LogP contribution in [0.25, 0.3) is 0 Å². The van der Waals surface area contributed by atoms with Crippen LogP contribution in [-0.4, -0.2) is 94.5 Å². The summed E-state index contributed by atoms with van der Waals surface area (Å²) < 4.78 is 8.42. The molecule has 0 saturated heterocycles. The number of hydrogen-bond acceptors (Lipinski definition) is 10. The average Bonchev–Trinajstić information content (AvgIpc) is 2.79. The van der Waals surface area contributed by atoms with E-state index in [1.165, 1.54) is 14.2 Å². The van der Waals surface area contributed by atoms with Crippen LogP contribution in [0.2, 0.25) is 0 Å². The fraction of sp³-hybridized carbons (Fsp3) is 0.500. The standard InChI is InChI=1S/C6H11NO2.C5H9NO2.C5H8O2.C4H6O2.2C2H7N/c1-5(2)6(8)9-7(3)4;1-4-5(7)8-6(2)3;1-4(2)5(6)7-3;1-3-4(5)6-2;2*1-3-2/h1H2,2-4H3;4H,1H2,2-3H3;1H2,2-3H3;3H,1H2,2H3;2*3H,1-2H3/p+2. The monoisotopic (exact) mass is 522 g/mol. The molecule has 0 aliphatic rings. The molecule has 0 aromatic carbocycles. The van der Waals surface area contributed by atoms with Gasteiger partial charge in [0.15, 0.2) is 0 Å². The Labute approximate surface area is 217 Å². The number of hydrogen-bond donors (Lipinski definition) is 4. The second kappa shape index (κ2) is 36.3. The highest BCUT2D eigenvalue weighted by Crippen LogP contribution is 1.87. The van der Waals surface area contributed by atoms with Crippen molar-refractivity contribution < 1.29 is 48.5 Å². The van der Waals surface area contributed by atoms with E-state index in [-0.39, 0.29) is 11.9 Å². The summed E-state index contributed by atoms with van der Waals surface area (Å²) in [5.74, 6) is -1.49. The fourth-order valence-corrected chi connectivity index (χ4v) is 0.773. The van der Waals surface area contributed by atoms with Crippen LogP contribution in [0.3, 0.4) is 0 Å². The smallest absolute Gasteiger partial charge is 0.392 e. The molecule has 0 aromatic heterocycles. The Morgan fingerprint density at radius 1 is 0.639 bits per heavy atom. The minimum absolute atomic E-state index is 0.347. The van der Waals surface area contributed by atoms with E-state index in [1.54, 1.807) is 42.0 Å². The largest absolute Gasteiger partial charge is 0.466 e. The van der Waals surface area contributed by atoms with Crippen LogP contribution < -0.4 is 20.8 Å². The Bertz CT molecular complexity index is 632. The number of esters is 2. The van der Waals surface area contributed by atoms with Crippen LogP contribution in [-0.2, 0) is 38.3 Å². The van der Waals surface area contributed by atoms with Gasteiger partial charge < -0.3 is 20.1 Å². The van der Waals surface area contributed by atoms with Gasteiger partial charge in [-0.05, 0) is 42.0 Å². The first-order valence-corrected chi connectivity index (χ1v) is 10.5. The van der Waals surface area contributed by atoms with Gasteiger partial charge in [-0.3, -0.25) is 9.68 Å². The van der Waals surface area contributed by atoms with Crippen molar-refractivity contribution in [2.75, 3.05) is 70.6 Å². The SMILES string of the molecule is C=C(C)C(=O)OC.C=C(C)C(=O)O[NH+](C)C.C=CC(=O)OC.C=CC(=O)O[NH+](C)C.CNC.CNC. The van der Waals surface area contributed by atoms with Crippen LogP contribution in [0.15, 0.2) is 49.6 Å². The van der Waals surface area contributed by atoms with Crippen LogP contribution in [0.4, 0.5) is 0 Å². The third-order valence-electron chi connectivity index (χ3n) is 2.02. The third-order valence-corrected chi connectivity index (χ3v) is 2.02. The Morgan fingerprint density at radius 3 is 1.00 bits per heavy atom. The molecule has 0 radical (unpaired) electrons. The number of ether oxygens (including phenoxy) is 2. The lowest BCUT2D eigenvalue weighted by Crippen LogP contribution is -3.05. The molecule has 0 aliphatic heterocycles. The van der Waals surface area contributed by atoms with Gasteiger partial charge in [0.1, 0.15) is 28.2 Å². The average molecular weight is 523 g/mol. The van der Waals surface area contributed by atoms with Gasteiger partial charge in [0, 0.05) is 23.3 Å². The first-order chi connectivity index (χ1) is 16.5. The van der Waals surface area contributed by atoms with E-state index < -0.39 is 11.9 Å². The highest BCUT2D eigenvalue weighted by Gasteiger charge is 2.06. The minimum atomic E-state index is -0.398. The van der Waals surface area contributed by atoms with Crippen LogP contribution in [0, 0.1) is 0 Å². The Kier molecular flexibility index (Phi) is 46.4. The van der Waals surface area contributed by atoms with E-state index >= 15 is 0 Å². The molecule has 0 aliphatic carbocycles. The zero-order chi connectivity index (χ0) is 30.3. The van der Waals surface area contributed by atoms with E-state index in [9.17, 15) is 19.2 Å². The van der Waals surface area contributed by atoms with Crippen molar-refractivity contribution in [3.05, 3.63) is 49.6 Å². The molecule has 12 nitrogen and oxygen atoms in total. The number of nitrogens with one attached hydrogen (secondary N) is 4. The van der Waals surface area contributed by atoms with E-state index in [0.717, 1.165) is 12.2 Å². The molecule has 0 saturated carbocycles. The summed E-state index contributed by atoms with van der Waals surface area (Å²) in [6, 6.07) is 0. The van der Waals surface area contributed by atoms with Gasteiger partial charge in [0.25, 0.3) is 0 Å². The topological polar surface area (TPSA) is 138 Å².